The van der Waals surface area contributed by atoms with Gasteiger partial charge in [-0.1, -0.05) is 6.07 Å². The van der Waals surface area contributed by atoms with Gasteiger partial charge in [-0.25, -0.2) is 14.5 Å². The molecule has 0 radical (unpaired) electrons. The number of benzene rings is 2. The second kappa shape index (κ2) is 10.2. The van der Waals surface area contributed by atoms with Gasteiger partial charge in [-0.2, -0.15) is 18.3 Å². The number of rotatable bonds is 8. The molecule has 0 bridgehead atoms. The van der Waals surface area contributed by atoms with Crippen LogP contribution in [0.3, 0.4) is 0 Å². The van der Waals surface area contributed by atoms with Gasteiger partial charge in [0.25, 0.3) is 0 Å². The number of nitrogens with zero attached hydrogens (tertiary/aromatic N) is 4. The van der Waals surface area contributed by atoms with Gasteiger partial charge < -0.3 is 15.0 Å². The summed E-state index contributed by atoms with van der Waals surface area (Å²) in [5, 5.41) is 6.47. The first-order valence-electron chi connectivity index (χ1n) is 10.1. The number of halogens is 3. The molecule has 0 aliphatic carbocycles. The van der Waals surface area contributed by atoms with Crippen molar-refractivity contribution in [3.05, 3.63) is 66.2 Å². The van der Waals surface area contributed by atoms with Gasteiger partial charge in [0.1, 0.15) is 12.7 Å². The molecule has 174 valence electrons. The van der Waals surface area contributed by atoms with E-state index < -0.39 is 23.6 Å². The topological polar surface area (TPSA) is 89.4 Å². The summed E-state index contributed by atoms with van der Waals surface area (Å²) in [4.78, 5) is 30.3. The van der Waals surface area contributed by atoms with E-state index in [0.29, 0.717) is 17.8 Å². The smallest absolute Gasteiger partial charge is 0.416 e. The highest BCUT2D eigenvalue weighted by Crippen LogP contribution is 2.33. The zero-order chi connectivity index (χ0) is 24.0. The van der Waals surface area contributed by atoms with Crippen molar-refractivity contribution in [1.82, 2.24) is 14.8 Å². The summed E-state index contributed by atoms with van der Waals surface area (Å²) in [6, 6.07) is 9.57. The first-order chi connectivity index (χ1) is 15.7. The maximum atomic E-state index is 13.2. The Morgan fingerprint density at radius 1 is 1.15 bits per heavy atom. The Kier molecular flexibility index (Phi) is 7.31. The van der Waals surface area contributed by atoms with Gasteiger partial charge in [0.15, 0.2) is 0 Å². The molecule has 0 aliphatic heterocycles. The number of carbonyl (C=O) groups excluding carboxylic acids is 2. The number of ether oxygens (including phenoxy) is 1. The van der Waals surface area contributed by atoms with Crippen LogP contribution in [0, 0.1) is 0 Å². The molecule has 1 heterocycles. The van der Waals surface area contributed by atoms with Crippen LogP contribution in [-0.4, -0.2) is 46.3 Å². The highest BCUT2D eigenvalue weighted by Gasteiger charge is 2.31. The van der Waals surface area contributed by atoms with E-state index in [9.17, 15) is 22.8 Å². The zero-order valence-corrected chi connectivity index (χ0v) is 18.0. The van der Waals surface area contributed by atoms with E-state index in [-0.39, 0.29) is 24.5 Å². The largest absolute Gasteiger partial charge is 0.462 e. The second-order valence-corrected chi connectivity index (χ2v) is 6.90. The molecular weight excluding hydrogens is 439 g/mol. The molecule has 3 aromatic rings. The number of amides is 1. The Labute approximate surface area is 188 Å². The van der Waals surface area contributed by atoms with Gasteiger partial charge in [-0.3, -0.25) is 4.79 Å². The van der Waals surface area contributed by atoms with E-state index in [1.807, 2.05) is 6.92 Å². The van der Waals surface area contributed by atoms with Gasteiger partial charge in [0, 0.05) is 12.2 Å². The van der Waals surface area contributed by atoms with Gasteiger partial charge in [0.2, 0.25) is 5.91 Å². The zero-order valence-electron chi connectivity index (χ0n) is 18.0. The lowest BCUT2D eigenvalue weighted by Crippen LogP contribution is -2.33. The molecule has 1 N–H and O–H groups in total. The quantitative estimate of drug-likeness (QED) is 0.512. The minimum atomic E-state index is -4.58. The van der Waals surface area contributed by atoms with Crippen LogP contribution >= 0.6 is 0 Å². The van der Waals surface area contributed by atoms with Crippen LogP contribution in [0.5, 0.6) is 0 Å². The standard InChI is InChI=1S/C22H22F3N5O3/c1-3-29(17-7-5-6-15(10-17)21(32)33-4-2)12-20(31)28-18-11-16(22(23,24)25)8-9-19(18)30-14-26-13-27-30/h5-11,13-14H,3-4,12H2,1-2H3,(H,28,31). The Bertz CT molecular complexity index is 1120. The lowest BCUT2D eigenvalue weighted by molar-refractivity contribution is -0.137. The fraction of sp³-hybridized carbons (Fsp3) is 0.273. The molecule has 3 rings (SSSR count). The number of aromatic nitrogens is 3. The van der Waals surface area contributed by atoms with Crippen LogP contribution in [0.25, 0.3) is 5.69 Å². The molecule has 1 aromatic heterocycles. The normalized spacial score (nSPS) is 11.2. The SMILES string of the molecule is CCOC(=O)c1cccc(N(CC)CC(=O)Nc2cc(C(F)(F)F)ccc2-n2cncn2)c1. The van der Waals surface area contributed by atoms with Crippen LogP contribution in [0.15, 0.2) is 55.1 Å². The highest BCUT2D eigenvalue weighted by atomic mass is 19.4. The van der Waals surface area contributed by atoms with Crippen molar-refractivity contribution < 1.29 is 27.5 Å². The second-order valence-electron chi connectivity index (χ2n) is 6.90. The number of nitrogens with one attached hydrogen (secondary N) is 1. The van der Waals surface area contributed by atoms with Crippen LogP contribution in [0.4, 0.5) is 24.5 Å². The third kappa shape index (κ3) is 5.88. The number of hydrogen-bond acceptors (Lipinski definition) is 6. The maximum absolute atomic E-state index is 13.2. The number of likely N-dealkylation sites (N-methyl/N-ethyl adjacent to an activating group) is 1. The lowest BCUT2D eigenvalue weighted by Gasteiger charge is -2.23. The van der Waals surface area contributed by atoms with Crippen molar-refractivity contribution in [2.45, 2.75) is 20.0 Å². The summed E-state index contributed by atoms with van der Waals surface area (Å²) in [6.07, 6.45) is -2.03. The van der Waals surface area contributed by atoms with E-state index in [0.717, 1.165) is 12.1 Å². The molecule has 11 heteroatoms. The van der Waals surface area contributed by atoms with Crippen LogP contribution in [0.1, 0.15) is 29.8 Å². The molecule has 0 atom stereocenters. The summed E-state index contributed by atoms with van der Waals surface area (Å²) in [7, 11) is 0. The molecule has 0 fully saturated rings. The fourth-order valence-corrected chi connectivity index (χ4v) is 3.14. The molecule has 0 spiro atoms. The van der Waals surface area contributed by atoms with E-state index in [1.54, 1.807) is 36.1 Å². The van der Waals surface area contributed by atoms with Crippen molar-refractivity contribution in [2.75, 3.05) is 29.9 Å². The average molecular weight is 461 g/mol. The summed E-state index contributed by atoms with van der Waals surface area (Å²) >= 11 is 0. The predicted octanol–water partition coefficient (Wildman–Crippen LogP) is 3.93. The Balaban J connectivity index is 1.83. The molecule has 8 nitrogen and oxygen atoms in total. The van der Waals surface area contributed by atoms with Gasteiger partial charge in [-0.15, -0.1) is 0 Å². The van der Waals surface area contributed by atoms with Crippen LogP contribution in [0.2, 0.25) is 0 Å². The number of hydrogen-bond donors (Lipinski definition) is 1. The van der Waals surface area contributed by atoms with Crippen molar-refractivity contribution in [3.63, 3.8) is 0 Å². The van der Waals surface area contributed by atoms with Gasteiger partial charge in [-0.05, 0) is 50.2 Å². The van der Waals surface area contributed by atoms with E-state index in [2.05, 4.69) is 15.4 Å². The molecule has 2 aromatic carbocycles. The number of esters is 1. The predicted molar refractivity (Wildman–Crippen MR) is 115 cm³/mol. The Morgan fingerprint density at radius 3 is 2.58 bits per heavy atom. The van der Waals surface area contributed by atoms with Crippen molar-refractivity contribution >= 4 is 23.3 Å². The first-order valence-corrected chi connectivity index (χ1v) is 10.1. The van der Waals surface area contributed by atoms with Crippen molar-refractivity contribution in [1.29, 1.82) is 0 Å². The molecule has 0 saturated carbocycles. The molecule has 33 heavy (non-hydrogen) atoms. The molecule has 0 unspecified atom stereocenters. The summed E-state index contributed by atoms with van der Waals surface area (Å²) < 4.78 is 46.0. The minimum absolute atomic E-state index is 0.0587. The van der Waals surface area contributed by atoms with Gasteiger partial charge >= 0.3 is 12.1 Å². The third-order valence-electron chi connectivity index (χ3n) is 4.70. The van der Waals surface area contributed by atoms with Crippen molar-refractivity contribution in [3.8, 4) is 5.69 Å². The summed E-state index contributed by atoms with van der Waals surface area (Å²) in [5.74, 6) is -1.03. The first kappa shape index (κ1) is 23.8. The third-order valence-corrected chi connectivity index (χ3v) is 4.70. The molecule has 0 aliphatic rings. The van der Waals surface area contributed by atoms with E-state index in [1.165, 1.54) is 23.4 Å². The highest BCUT2D eigenvalue weighted by molar-refractivity contribution is 5.96. The van der Waals surface area contributed by atoms with E-state index >= 15 is 0 Å². The van der Waals surface area contributed by atoms with Gasteiger partial charge in [0.05, 0.1) is 35.7 Å². The molecular formula is C22H22F3N5O3. The maximum Gasteiger partial charge on any atom is 0.416 e. The Morgan fingerprint density at radius 2 is 1.94 bits per heavy atom. The van der Waals surface area contributed by atoms with Crippen LogP contribution in [-0.2, 0) is 15.7 Å². The number of carbonyl (C=O) groups is 2. The Hall–Kier alpha value is -3.89. The summed E-state index contributed by atoms with van der Waals surface area (Å²) in [6.45, 7) is 4.00. The lowest BCUT2D eigenvalue weighted by atomic mass is 10.1. The molecule has 0 saturated heterocycles. The fourth-order valence-electron chi connectivity index (χ4n) is 3.14. The molecule has 1 amide bonds. The minimum Gasteiger partial charge on any atom is -0.462 e. The average Bonchev–Trinajstić information content (AvgIpc) is 3.32. The van der Waals surface area contributed by atoms with Crippen LogP contribution < -0.4 is 10.2 Å². The van der Waals surface area contributed by atoms with Crippen molar-refractivity contribution in [2.24, 2.45) is 0 Å². The summed E-state index contributed by atoms with van der Waals surface area (Å²) in [5.41, 5.74) is 0.201. The monoisotopic (exact) mass is 461 g/mol. The van der Waals surface area contributed by atoms with E-state index in [4.69, 9.17) is 4.74 Å². The number of alkyl halides is 3. The number of anilines is 2.